The number of aromatic nitrogens is 4. The molecule has 0 aliphatic carbocycles. The van der Waals surface area contributed by atoms with E-state index in [1.165, 1.54) is 5.56 Å². The molecular formula is C44H43Cl5N6O4S. The molecular weight excluding hydrogens is 886 g/mol. The highest BCUT2D eigenvalue weighted by Crippen LogP contribution is 2.41. The van der Waals surface area contributed by atoms with Gasteiger partial charge in [-0.05, 0) is 71.8 Å². The van der Waals surface area contributed by atoms with Gasteiger partial charge in [0.25, 0.3) is 0 Å². The van der Waals surface area contributed by atoms with Crippen LogP contribution in [0.5, 0.6) is 5.75 Å². The molecule has 3 atom stereocenters. The molecule has 0 N–H and O–H groups in total. The first-order valence-corrected chi connectivity index (χ1v) is 22.2. The van der Waals surface area contributed by atoms with Crippen molar-refractivity contribution in [2.45, 2.75) is 42.9 Å². The Labute approximate surface area is 379 Å². The first-order valence-electron chi connectivity index (χ1n) is 19.3. The maximum atomic E-state index is 11.6. The predicted octanol–water partition coefficient (Wildman–Crippen LogP) is 10.7. The number of halogens is 5. The number of rotatable bonds is 13. The van der Waals surface area contributed by atoms with Gasteiger partial charge in [-0.3, -0.25) is 4.79 Å². The fourth-order valence-corrected chi connectivity index (χ4v) is 9.50. The quantitative estimate of drug-likeness (QED) is 0.113. The van der Waals surface area contributed by atoms with Gasteiger partial charge in [0.2, 0.25) is 11.7 Å². The largest absolute Gasteiger partial charge is 0.491 e. The van der Waals surface area contributed by atoms with Gasteiger partial charge < -0.3 is 33.1 Å². The van der Waals surface area contributed by atoms with E-state index in [-0.39, 0.29) is 17.3 Å². The molecule has 2 aliphatic heterocycles. The number of anilines is 1. The highest BCUT2D eigenvalue weighted by Gasteiger charge is 2.45. The van der Waals surface area contributed by atoms with E-state index in [1.807, 2.05) is 107 Å². The Morgan fingerprint density at radius 3 is 2.10 bits per heavy atom. The zero-order valence-corrected chi connectivity index (χ0v) is 37.3. The van der Waals surface area contributed by atoms with Crippen LogP contribution in [0.4, 0.5) is 5.69 Å². The normalized spacial score (nSPS) is 18.2. The van der Waals surface area contributed by atoms with Crippen molar-refractivity contribution in [2.75, 3.05) is 44.3 Å². The van der Waals surface area contributed by atoms with Gasteiger partial charge in [-0.15, -0.1) is 11.8 Å². The Morgan fingerprint density at radius 2 is 1.47 bits per heavy atom. The van der Waals surface area contributed by atoms with Gasteiger partial charge in [-0.2, -0.15) is 0 Å². The number of nitrogens with zero attached hydrogens (tertiary/aromatic N) is 6. The van der Waals surface area contributed by atoms with E-state index in [4.69, 9.17) is 72.2 Å². The second kappa shape index (κ2) is 20.8. The number of hydrogen-bond acceptors (Lipinski definition) is 8. The predicted molar refractivity (Wildman–Crippen MR) is 242 cm³/mol. The van der Waals surface area contributed by atoms with E-state index < -0.39 is 5.79 Å². The van der Waals surface area contributed by atoms with Gasteiger partial charge in [0.05, 0.1) is 30.8 Å². The monoisotopic (exact) mass is 926 g/mol. The Morgan fingerprint density at radius 1 is 0.817 bits per heavy atom. The Balaban J connectivity index is 0.000000197. The first kappa shape index (κ1) is 44.2. The number of piperazine rings is 1. The van der Waals surface area contributed by atoms with Crippen LogP contribution >= 0.6 is 69.8 Å². The zero-order chi connectivity index (χ0) is 42.1. The molecule has 8 rings (SSSR count). The summed E-state index contributed by atoms with van der Waals surface area (Å²) in [5, 5.41) is 3.30. The van der Waals surface area contributed by atoms with Crippen molar-refractivity contribution in [3.63, 3.8) is 0 Å². The van der Waals surface area contributed by atoms with Gasteiger partial charge in [-0.25, -0.2) is 9.97 Å². The SMILES string of the molecule is CC(=O)N1CCN(c2ccc(OCC3COC(Cn4ccnc4)(c4ccc(Cl)cc4Cl)O3)cc2)CC1.Clc1ccc(CSC(Cn2ccnc2)c2ccc(Cl)cc2Cl)cc1. The van der Waals surface area contributed by atoms with Crippen molar-refractivity contribution >= 4 is 81.4 Å². The summed E-state index contributed by atoms with van der Waals surface area (Å²) in [6, 6.07) is 26.9. The number of imidazole rings is 2. The average molecular weight is 929 g/mol. The number of ether oxygens (including phenoxy) is 3. The van der Waals surface area contributed by atoms with Crippen LogP contribution in [0, 0.1) is 0 Å². The second-order valence-corrected chi connectivity index (χ2v) is 17.6. The maximum absolute atomic E-state index is 11.6. The molecule has 60 heavy (non-hydrogen) atoms. The van der Waals surface area contributed by atoms with Crippen LogP contribution in [-0.2, 0) is 38.9 Å². The highest BCUT2D eigenvalue weighted by atomic mass is 35.5. The van der Waals surface area contributed by atoms with E-state index in [9.17, 15) is 4.79 Å². The maximum Gasteiger partial charge on any atom is 0.219 e. The van der Waals surface area contributed by atoms with Gasteiger partial charge in [0.15, 0.2) is 0 Å². The Hall–Kier alpha value is -3.91. The molecule has 2 aliphatic rings. The van der Waals surface area contributed by atoms with E-state index in [0.29, 0.717) is 45.4 Å². The lowest BCUT2D eigenvalue weighted by Crippen LogP contribution is -2.48. The molecule has 0 radical (unpaired) electrons. The number of hydrogen-bond donors (Lipinski definition) is 0. The van der Waals surface area contributed by atoms with Crippen molar-refractivity contribution in [3.8, 4) is 5.75 Å². The molecule has 1 amide bonds. The molecule has 0 bridgehead atoms. The topological polar surface area (TPSA) is 86.9 Å². The molecule has 2 fully saturated rings. The Kier molecular flexibility index (Phi) is 15.3. The lowest BCUT2D eigenvalue weighted by molar-refractivity contribution is -0.189. The first-order chi connectivity index (χ1) is 29.0. The summed E-state index contributed by atoms with van der Waals surface area (Å²) in [5.74, 6) is 0.669. The number of carbonyl (C=O) groups excluding carboxylic acids is 1. The van der Waals surface area contributed by atoms with Gasteiger partial charge >= 0.3 is 0 Å². The van der Waals surface area contributed by atoms with Crippen molar-refractivity contribution in [1.82, 2.24) is 24.0 Å². The summed E-state index contributed by atoms with van der Waals surface area (Å²) in [7, 11) is 0. The van der Waals surface area contributed by atoms with Crippen LogP contribution in [0.2, 0.25) is 25.1 Å². The molecule has 0 spiro atoms. The minimum atomic E-state index is -1.08. The fraction of sp³-hybridized carbons (Fsp3) is 0.295. The summed E-state index contributed by atoms with van der Waals surface area (Å²) < 4.78 is 22.7. The third kappa shape index (κ3) is 11.7. The van der Waals surface area contributed by atoms with Crippen LogP contribution in [0.15, 0.2) is 122 Å². The molecule has 16 heteroatoms. The van der Waals surface area contributed by atoms with Crippen LogP contribution in [0.3, 0.4) is 0 Å². The fourth-order valence-electron chi connectivity index (χ4n) is 6.96. The molecule has 6 aromatic rings. The van der Waals surface area contributed by atoms with E-state index in [0.717, 1.165) is 60.5 Å². The smallest absolute Gasteiger partial charge is 0.219 e. The van der Waals surface area contributed by atoms with E-state index in [2.05, 4.69) is 19.4 Å². The third-order valence-corrected chi connectivity index (χ3v) is 12.8. The van der Waals surface area contributed by atoms with E-state index in [1.54, 1.807) is 43.8 Å². The van der Waals surface area contributed by atoms with Crippen molar-refractivity contribution in [2.24, 2.45) is 0 Å². The van der Waals surface area contributed by atoms with Gasteiger partial charge in [0.1, 0.15) is 18.5 Å². The minimum Gasteiger partial charge on any atom is -0.491 e. The van der Waals surface area contributed by atoms with Crippen molar-refractivity contribution in [1.29, 1.82) is 0 Å². The zero-order valence-electron chi connectivity index (χ0n) is 32.7. The summed E-state index contributed by atoms with van der Waals surface area (Å²) >= 11 is 32.9. The molecule has 4 aromatic carbocycles. The van der Waals surface area contributed by atoms with Crippen molar-refractivity contribution in [3.05, 3.63) is 164 Å². The number of amides is 1. The second-order valence-electron chi connectivity index (χ2n) is 14.3. The molecule has 314 valence electrons. The standard InChI is InChI=1S/C26H28Cl2N4O4.C18H15Cl3N2S/c1-19(33)31-10-12-32(13-11-31)21-3-5-22(6-4-21)34-15-23-16-35-26(36-23,17-30-9-8-29-18-30)24-7-2-20(27)14-25(24)28;19-14-3-1-13(2-4-14)11-24-18(10-23-8-7-22-12-23)16-6-5-15(20)9-17(16)21/h2-9,14,18,23H,10-13,15-17H2,1H3;1-9,12,18H,10-11H2. The molecule has 4 heterocycles. The van der Waals surface area contributed by atoms with E-state index >= 15 is 0 Å². The van der Waals surface area contributed by atoms with Crippen LogP contribution in [0.1, 0.15) is 28.9 Å². The molecule has 3 unspecified atom stereocenters. The summed E-state index contributed by atoms with van der Waals surface area (Å²) in [5.41, 5.74) is 4.13. The van der Waals surface area contributed by atoms with Crippen molar-refractivity contribution < 1.29 is 19.0 Å². The lowest BCUT2D eigenvalue weighted by atomic mass is 10.1. The summed E-state index contributed by atoms with van der Waals surface area (Å²) in [4.78, 5) is 23.9. The van der Waals surface area contributed by atoms with Crippen LogP contribution in [-0.4, -0.2) is 75.4 Å². The third-order valence-electron chi connectivity index (χ3n) is 10.1. The lowest BCUT2D eigenvalue weighted by Gasteiger charge is -2.35. The Bertz CT molecular complexity index is 2300. The molecule has 2 aromatic heterocycles. The average Bonchev–Trinajstić information content (AvgIpc) is 4.04. The van der Waals surface area contributed by atoms with Gasteiger partial charge in [0, 0.05) is 107 Å². The molecule has 10 nitrogen and oxygen atoms in total. The van der Waals surface area contributed by atoms with Gasteiger partial charge in [-0.1, -0.05) is 82.3 Å². The minimum absolute atomic E-state index is 0.129. The summed E-state index contributed by atoms with van der Waals surface area (Å²) in [6.45, 7) is 6.59. The summed E-state index contributed by atoms with van der Waals surface area (Å²) in [6.07, 6.45) is 10.5. The molecule has 2 saturated heterocycles. The molecule has 0 saturated carbocycles. The number of thioether (sulfide) groups is 1. The number of benzene rings is 4. The number of carbonyl (C=O) groups is 1. The highest BCUT2D eigenvalue weighted by molar-refractivity contribution is 7.98. The van der Waals surface area contributed by atoms with Crippen LogP contribution < -0.4 is 9.64 Å². The van der Waals surface area contributed by atoms with Crippen LogP contribution in [0.25, 0.3) is 0 Å².